The van der Waals surface area contributed by atoms with Crippen LogP contribution in [0.15, 0.2) is 6.20 Å². The van der Waals surface area contributed by atoms with Crippen molar-refractivity contribution in [2.45, 2.75) is 51.4 Å². The minimum atomic E-state index is -0.217. The lowest BCUT2D eigenvalue weighted by Crippen LogP contribution is -2.43. The molecule has 1 atom stereocenters. The van der Waals surface area contributed by atoms with Gasteiger partial charge in [0.1, 0.15) is 11.9 Å². The van der Waals surface area contributed by atoms with E-state index in [2.05, 4.69) is 15.7 Å². The summed E-state index contributed by atoms with van der Waals surface area (Å²) in [6.07, 6.45) is 6.42. The molecule has 0 bridgehead atoms. The Kier molecular flexibility index (Phi) is 3.88. The number of nitrogens with zero attached hydrogens (tertiary/aromatic N) is 4. The summed E-state index contributed by atoms with van der Waals surface area (Å²) < 4.78 is 7.74. The predicted molar refractivity (Wildman–Crippen MR) is 81.1 cm³/mol. The molecule has 6 heteroatoms. The Balaban J connectivity index is 1.41. The molecule has 1 amide bonds. The number of rotatable bonds is 3. The first kappa shape index (κ1) is 14.2. The highest BCUT2D eigenvalue weighted by Crippen LogP contribution is 2.20. The van der Waals surface area contributed by atoms with E-state index in [1.165, 1.54) is 25.9 Å². The van der Waals surface area contributed by atoms with E-state index in [-0.39, 0.29) is 12.0 Å². The van der Waals surface area contributed by atoms with Gasteiger partial charge in [0, 0.05) is 32.4 Å². The standard InChI is InChI=1S/C16H24N4O2/c21-16(14-4-3-9-22-14)20-8-7-19-11-13(17-15(19)12-20)10-18-5-1-2-6-18/h11,14H,1-10,12H2/t14-/m0/s1. The van der Waals surface area contributed by atoms with E-state index in [0.717, 1.165) is 50.6 Å². The van der Waals surface area contributed by atoms with Crippen molar-refractivity contribution < 1.29 is 9.53 Å². The van der Waals surface area contributed by atoms with Gasteiger partial charge >= 0.3 is 0 Å². The van der Waals surface area contributed by atoms with E-state index in [9.17, 15) is 4.79 Å². The zero-order chi connectivity index (χ0) is 14.9. The highest BCUT2D eigenvalue weighted by molar-refractivity contribution is 5.81. The summed E-state index contributed by atoms with van der Waals surface area (Å²) in [5, 5.41) is 0. The summed E-state index contributed by atoms with van der Waals surface area (Å²) in [6, 6.07) is 0. The highest BCUT2D eigenvalue weighted by atomic mass is 16.5. The van der Waals surface area contributed by atoms with Gasteiger partial charge in [0.05, 0.1) is 12.2 Å². The van der Waals surface area contributed by atoms with E-state index in [4.69, 9.17) is 9.72 Å². The van der Waals surface area contributed by atoms with Crippen molar-refractivity contribution in [1.82, 2.24) is 19.4 Å². The van der Waals surface area contributed by atoms with Gasteiger partial charge in [0.25, 0.3) is 5.91 Å². The third kappa shape index (κ3) is 2.77. The van der Waals surface area contributed by atoms with Gasteiger partial charge in [-0.15, -0.1) is 0 Å². The van der Waals surface area contributed by atoms with Crippen LogP contribution >= 0.6 is 0 Å². The molecule has 2 saturated heterocycles. The maximum absolute atomic E-state index is 12.5. The molecule has 3 aliphatic rings. The van der Waals surface area contributed by atoms with Crippen LogP contribution in [0.4, 0.5) is 0 Å². The Morgan fingerprint density at radius 3 is 2.86 bits per heavy atom. The van der Waals surface area contributed by atoms with Gasteiger partial charge in [0.15, 0.2) is 0 Å². The molecule has 4 rings (SSSR count). The Morgan fingerprint density at radius 2 is 2.09 bits per heavy atom. The summed E-state index contributed by atoms with van der Waals surface area (Å²) >= 11 is 0. The Bertz CT molecular complexity index is 544. The maximum Gasteiger partial charge on any atom is 0.252 e. The SMILES string of the molecule is O=C([C@@H]1CCCO1)N1CCn2cc(CN3CCCC3)nc2C1. The first-order valence-corrected chi connectivity index (χ1v) is 8.47. The molecule has 0 unspecified atom stereocenters. The number of carbonyl (C=O) groups excluding carboxylic acids is 1. The van der Waals surface area contributed by atoms with Crippen molar-refractivity contribution in [3.8, 4) is 0 Å². The van der Waals surface area contributed by atoms with Crippen LogP contribution in [0.5, 0.6) is 0 Å². The predicted octanol–water partition coefficient (Wildman–Crippen LogP) is 1.00. The normalized spacial score (nSPS) is 25.6. The molecule has 4 heterocycles. The fourth-order valence-electron chi connectivity index (χ4n) is 3.72. The van der Waals surface area contributed by atoms with Crippen molar-refractivity contribution in [2.75, 3.05) is 26.2 Å². The lowest BCUT2D eigenvalue weighted by atomic mass is 10.2. The molecule has 3 aliphatic heterocycles. The second-order valence-corrected chi connectivity index (χ2v) is 6.59. The molecule has 0 aromatic carbocycles. The Morgan fingerprint density at radius 1 is 1.23 bits per heavy atom. The molecule has 120 valence electrons. The largest absolute Gasteiger partial charge is 0.368 e. The maximum atomic E-state index is 12.5. The van der Waals surface area contributed by atoms with Crippen LogP contribution in [0.2, 0.25) is 0 Å². The molecule has 0 radical (unpaired) electrons. The van der Waals surface area contributed by atoms with Crippen molar-refractivity contribution in [1.29, 1.82) is 0 Å². The monoisotopic (exact) mass is 304 g/mol. The number of ether oxygens (including phenoxy) is 1. The van der Waals surface area contributed by atoms with Crippen molar-refractivity contribution in [3.63, 3.8) is 0 Å². The fraction of sp³-hybridized carbons (Fsp3) is 0.750. The number of imidazole rings is 1. The van der Waals surface area contributed by atoms with Crippen molar-refractivity contribution in [3.05, 3.63) is 17.7 Å². The minimum absolute atomic E-state index is 0.146. The molecule has 1 aromatic rings. The lowest BCUT2D eigenvalue weighted by Gasteiger charge is -2.29. The topological polar surface area (TPSA) is 50.6 Å². The highest BCUT2D eigenvalue weighted by Gasteiger charge is 2.31. The summed E-state index contributed by atoms with van der Waals surface area (Å²) in [5.41, 5.74) is 1.14. The molecule has 0 N–H and O–H groups in total. The van der Waals surface area contributed by atoms with Crippen LogP contribution in [0.25, 0.3) is 0 Å². The third-order valence-corrected chi connectivity index (χ3v) is 4.95. The quantitative estimate of drug-likeness (QED) is 0.836. The third-order valence-electron chi connectivity index (χ3n) is 4.95. The van der Waals surface area contributed by atoms with Crippen LogP contribution in [-0.4, -0.2) is 57.6 Å². The van der Waals surface area contributed by atoms with Crippen molar-refractivity contribution in [2.24, 2.45) is 0 Å². The zero-order valence-electron chi connectivity index (χ0n) is 13.0. The molecule has 0 spiro atoms. The molecule has 2 fully saturated rings. The molecule has 0 aliphatic carbocycles. The van der Waals surface area contributed by atoms with Crippen LogP contribution in [0.1, 0.15) is 37.2 Å². The van der Waals surface area contributed by atoms with Crippen LogP contribution in [-0.2, 0) is 29.2 Å². The van der Waals surface area contributed by atoms with E-state index < -0.39 is 0 Å². The average Bonchev–Trinajstić information content (AvgIpc) is 3.27. The summed E-state index contributed by atoms with van der Waals surface area (Å²) in [4.78, 5) is 21.6. The number of likely N-dealkylation sites (tertiary alicyclic amines) is 1. The van der Waals surface area contributed by atoms with Crippen LogP contribution in [0, 0.1) is 0 Å². The number of amides is 1. The number of fused-ring (bicyclic) bond motifs is 1. The number of hydrogen-bond donors (Lipinski definition) is 0. The first-order chi connectivity index (χ1) is 10.8. The molecule has 1 aromatic heterocycles. The molecule has 0 saturated carbocycles. The van der Waals surface area contributed by atoms with Gasteiger partial charge in [-0.3, -0.25) is 9.69 Å². The van der Waals surface area contributed by atoms with Gasteiger partial charge in [-0.2, -0.15) is 0 Å². The van der Waals surface area contributed by atoms with Crippen molar-refractivity contribution >= 4 is 5.91 Å². The molecular formula is C16H24N4O2. The molecular weight excluding hydrogens is 280 g/mol. The van der Waals surface area contributed by atoms with Gasteiger partial charge < -0.3 is 14.2 Å². The number of carbonyl (C=O) groups is 1. The summed E-state index contributed by atoms with van der Waals surface area (Å²) in [5.74, 6) is 1.17. The van der Waals surface area contributed by atoms with Crippen LogP contribution in [0.3, 0.4) is 0 Å². The average molecular weight is 304 g/mol. The summed E-state index contributed by atoms with van der Waals surface area (Å²) in [6.45, 7) is 6.28. The zero-order valence-corrected chi connectivity index (χ0v) is 13.0. The molecule has 6 nitrogen and oxygen atoms in total. The van der Waals surface area contributed by atoms with Gasteiger partial charge in [0.2, 0.25) is 0 Å². The van der Waals surface area contributed by atoms with Gasteiger partial charge in [-0.25, -0.2) is 4.98 Å². The van der Waals surface area contributed by atoms with Gasteiger partial charge in [-0.05, 0) is 38.8 Å². The summed E-state index contributed by atoms with van der Waals surface area (Å²) in [7, 11) is 0. The van der Waals surface area contributed by atoms with Crippen LogP contribution < -0.4 is 0 Å². The van der Waals surface area contributed by atoms with E-state index in [0.29, 0.717) is 6.54 Å². The first-order valence-electron chi connectivity index (χ1n) is 8.47. The van der Waals surface area contributed by atoms with E-state index >= 15 is 0 Å². The van der Waals surface area contributed by atoms with E-state index in [1.54, 1.807) is 0 Å². The number of hydrogen-bond acceptors (Lipinski definition) is 4. The smallest absolute Gasteiger partial charge is 0.252 e. The number of aromatic nitrogens is 2. The second-order valence-electron chi connectivity index (χ2n) is 6.59. The molecule has 22 heavy (non-hydrogen) atoms. The fourth-order valence-corrected chi connectivity index (χ4v) is 3.72. The second kappa shape index (κ2) is 6.01. The lowest BCUT2D eigenvalue weighted by molar-refractivity contribution is -0.142. The van der Waals surface area contributed by atoms with E-state index in [1.807, 2.05) is 4.90 Å². The Labute approximate surface area is 131 Å². The van der Waals surface area contributed by atoms with Gasteiger partial charge in [-0.1, -0.05) is 0 Å². The Hall–Kier alpha value is -1.40. The minimum Gasteiger partial charge on any atom is -0.368 e.